The third-order valence-electron chi connectivity index (χ3n) is 8.48. The molecule has 6 aromatic carbocycles. The lowest BCUT2D eigenvalue weighted by Gasteiger charge is -2.12. The van der Waals surface area contributed by atoms with Crippen LogP contribution in [-0.2, 0) is 0 Å². The van der Waals surface area contributed by atoms with Gasteiger partial charge in [0.1, 0.15) is 5.65 Å². The maximum atomic E-state index is 5.13. The zero-order valence-corrected chi connectivity index (χ0v) is 23.7. The van der Waals surface area contributed by atoms with E-state index in [-0.39, 0.29) is 0 Å². The molecule has 0 atom stereocenters. The molecular weight excluding hydrogens is 520 g/mol. The minimum Gasteiger partial charge on any atom is -0.292 e. The van der Waals surface area contributed by atoms with E-state index in [1.807, 2.05) is 18.2 Å². The van der Waals surface area contributed by atoms with E-state index in [0.29, 0.717) is 0 Å². The molecule has 8 rings (SSSR count). The van der Waals surface area contributed by atoms with Gasteiger partial charge in [0.2, 0.25) is 0 Å². The first kappa shape index (κ1) is 25.0. The van der Waals surface area contributed by atoms with Crippen LogP contribution >= 0.6 is 0 Å². The summed E-state index contributed by atoms with van der Waals surface area (Å²) in [4.78, 5) is 5.13. The van der Waals surface area contributed by atoms with E-state index >= 15 is 0 Å². The molecule has 0 N–H and O–H groups in total. The summed E-state index contributed by atoms with van der Waals surface area (Å²) in [6.45, 7) is 8.28. The molecule has 0 amide bonds. The van der Waals surface area contributed by atoms with Crippen molar-refractivity contribution in [3.05, 3.63) is 157 Å². The first-order chi connectivity index (χ1) is 21.2. The van der Waals surface area contributed by atoms with E-state index in [1.165, 1.54) is 44.2 Å². The second-order valence-electron chi connectivity index (χ2n) is 11.0. The zero-order chi connectivity index (χ0) is 28.9. The van der Waals surface area contributed by atoms with E-state index < -0.39 is 0 Å². The molecule has 2 heteroatoms. The molecular formula is C41H28N2. The minimum absolute atomic E-state index is 0.939. The van der Waals surface area contributed by atoms with Crippen LogP contribution < -0.4 is 10.4 Å². The van der Waals surface area contributed by atoms with E-state index in [4.69, 9.17) is 4.98 Å². The molecule has 0 bridgehead atoms. The van der Waals surface area contributed by atoms with Crippen molar-refractivity contribution in [1.82, 2.24) is 9.38 Å². The lowest BCUT2D eigenvalue weighted by molar-refractivity contribution is 1.31. The summed E-state index contributed by atoms with van der Waals surface area (Å²) in [7, 11) is 0. The minimum atomic E-state index is 0.939. The number of hydrogen-bond donors (Lipinski definition) is 0. The van der Waals surface area contributed by atoms with Crippen LogP contribution in [0.1, 0.15) is 0 Å². The lowest BCUT2D eigenvalue weighted by Crippen LogP contribution is -2.24. The monoisotopic (exact) mass is 548 g/mol. The van der Waals surface area contributed by atoms with Gasteiger partial charge in [0.25, 0.3) is 0 Å². The summed E-state index contributed by atoms with van der Waals surface area (Å²) < 4.78 is 2.30. The van der Waals surface area contributed by atoms with Crippen molar-refractivity contribution in [3.63, 3.8) is 0 Å². The van der Waals surface area contributed by atoms with Gasteiger partial charge in [0.15, 0.2) is 0 Å². The maximum Gasteiger partial charge on any atom is 0.147 e. The van der Waals surface area contributed by atoms with Gasteiger partial charge in [-0.3, -0.25) is 4.40 Å². The van der Waals surface area contributed by atoms with Gasteiger partial charge in [-0.1, -0.05) is 141 Å². The standard InChI is InChI=1S/C41H28N2/c1-3-9-34-27(2)14-24-36-35-25-23-33(26-39(35)43-38-13-8-7-12-37(38)42-41(43)40(34)36)32-21-19-31(20-22-32)30-17-15-29(16-18-30)28-10-5-4-6-11-28/h3-26H,1-2H2/b34-9+. The summed E-state index contributed by atoms with van der Waals surface area (Å²) in [6, 6.07) is 47.6. The molecule has 2 nitrogen and oxygen atoms in total. The quantitative estimate of drug-likeness (QED) is 0.200. The number of para-hydroxylation sites is 2. The third kappa shape index (κ3) is 4.07. The number of aromatic nitrogens is 2. The molecule has 0 spiro atoms. The number of nitrogens with zero attached hydrogens (tertiary/aromatic N) is 2. The van der Waals surface area contributed by atoms with Gasteiger partial charge in [-0.05, 0) is 67.4 Å². The number of allylic oxidation sites excluding steroid dienone is 1. The Balaban J connectivity index is 1.28. The third-order valence-corrected chi connectivity index (χ3v) is 8.48. The van der Waals surface area contributed by atoms with Crippen LogP contribution in [0.25, 0.3) is 84.4 Å². The molecule has 8 aromatic rings. The highest BCUT2D eigenvalue weighted by molar-refractivity contribution is 6.14. The SMILES string of the molecule is C=C/C=c1\c(=C)ccc2c3ccc(-c4ccc(-c5ccc(-c6ccccc6)cc5)cc4)cc3n3c4ccccc4nc3c12. The number of hydrogen-bond acceptors (Lipinski definition) is 1. The largest absolute Gasteiger partial charge is 0.292 e. The summed E-state index contributed by atoms with van der Waals surface area (Å²) >= 11 is 0. The van der Waals surface area contributed by atoms with Crippen LogP contribution in [-0.4, -0.2) is 9.38 Å². The van der Waals surface area contributed by atoms with Crippen LogP contribution in [0, 0.1) is 0 Å². The number of imidazole rings is 1. The lowest BCUT2D eigenvalue weighted by atomic mass is 9.96. The Morgan fingerprint density at radius 3 is 1.77 bits per heavy atom. The smallest absolute Gasteiger partial charge is 0.147 e. The first-order valence-electron chi connectivity index (χ1n) is 14.5. The molecule has 0 fully saturated rings. The maximum absolute atomic E-state index is 5.13. The first-order valence-corrected chi connectivity index (χ1v) is 14.5. The molecule has 0 radical (unpaired) electrons. The number of rotatable bonds is 4. The molecule has 202 valence electrons. The molecule has 0 saturated heterocycles. The van der Waals surface area contributed by atoms with E-state index in [9.17, 15) is 0 Å². The van der Waals surface area contributed by atoms with Crippen molar-refractivity contribution < 1.29 is 0 Å². The summed E-state index contributed by atoms with van der Waals surface area (Å²) in [6.07, 6.45) is 3.87. The normalized spacial score (nSPS) is 12.0. The second kappa shape index (κ2) is 9.97. The van der Waals surface area contributed by atoms with Crippen LogP contribution in [0.15, 0.2) is 146 Å². The van der Waals surface area contributed by atoms with E-state index in [1.54, 1.807) is 0 Å². The van der Waals surface area contributed by atoms with Gasteiger partial charge in [-0.15, -0.1) is 0 Å². The molecule has 2 heterocycles. The topological polar surface area (TPSA) is 17.3 Å². The molecule has 43 heavy (non-hydrogen) atoms. The van der Waals surface area contributed by atoms with Gasteiger partial charge in [-0.2, -0.15) is 0 Å². The van der Waals surface area contributed by atoms with Crippen molar-refractivity contribution in [2.75, 3.05) is 0 Å². The van der Waals surface area contributed by atoms with E-state index in [0.717, 1.165) is 38.0 Å². The Morgan fingerprint density at radius 1 is 0.535 bits per heavy atom. The highest BCUT2D eigenvalue weighted by Crippen LogP contribution is 2.34. The Morgan fingerprint density at radius 2 is 1.09 bits per heavy atom. The fourth-order valence-electron chi connectivity index (χ4n) is 6.34. The molecule has 0 aliphatic heterocycles. The Labute approximate surface area is 249 Å². The Bertz CT molecular complexity index is 2450. The van der Waals surface area contributed by atoms with Crippen molar-refractivity contribution in [3.8, 4) is 33.4 Å². The average Bonchev–Trinajstić information content (AvgIpc) is 3.46. The number of fused-ring (bicyclic) bond motifs is 8. The van der Waals surface area contributed by atoms with Crippen LogP contribution in [0.2, 0.25) is 0 Å². The number of benzene rings is 6. The highest BCUT2D eigenvalue weighted by Gasteiger charge is 2.15. The molecule has 2 aromatic heterocycles. The molecule has 0 saturated carbocycles. The zero-order valence-electron chi connectivity index (χ0n) is 23.7. The average molecular weight is 549 g/mol. The Kier molecular flexibility index (Phi) is 5.80. The van der Waals surface area contributed by atoms with Gasteiger partial charge in [-0.25, -0.2) is 4.98 Å². The van der Waals surface area contributed by atoms with Crippen LogP contribution in [0.5, 0.6) is 0 Å². The van der Waals surface area contributed by atoms with Crippen molar-refractivity contribution in [1.29, 1.82) is 0 Å². The van der Waals surface area contributed by atoms with Crippen LogP contribution in [0.3, 0.4) is 0 Å². The van der Waals surface area contributed by atoms with Crippen molar-refractivity contribution >= 4 is 51.0 Å². The second-order valence-corrected chi connectivity index (χ2v) is 11.0. The molecule has 0 aliphatic rings. The predicted octanol–water partition coefficient (Wildman–Crippen LogP) is 9.17. The van der Waals surface area contributed by atoms with Gasteiger partial charge in [0, 0.05) is 10.8 Å². The Hall–Kier alpha value is -5.73. The van der Waals surface area contributed by atoms with Gasteiger partial charge >= 0.3 is 0 Å². The van der Waals surface area contributed by atoms with Crippen molar-refractivity contribution in [2.24, 2.45) is 0 Å². The summed E-state index contributed by atoms with van der Waals surface area (Å²) in [5.41, 5.74) is 11.4. The van der Waals surface area contributed by atoms with Gasteiger partial charge < -0.3 is 0 Å². The van der Waals surface area contributed by atoms with Gasteiger partial charge in [0.05, 0.1) is 16.6 Å². The molecule has 0 aliphatic carbocycles. The van der Waals surface area contributed by atoms with E-state index in [2.05, 4.69) is 145 Å². The summed E-state index contributed by atoms with van der Waals surface area (Å²) in [5, 5.41) is 5.48. The fourth-order valence-corrected chi connectivity index (χ4v) is 6.34. The number of pyridine rings is 1. The predicted molar refractivity (Wildman–Crippen MR) is 183 cm³/mol. The fraction of sp³-hybridized carbons (Fsp3) is 0. The van der Waals surface area contributed by atoms with Crippen molar-refractivity contribution in [2.45, 2.75) is 0 Å². The molecule has 0 unspecified atom stereocenters. The summed E-state index contributed by atoms with van der Waals surface area (Å²) in [5.74, 6) is 0. The van der Waals surface area contributed by atoms with Crippen LogP contribution in [0.4, 0.5) is 0 Å². The highest BCUT2D eigenvalue weighted by atomic mass is 15.0.